The molecule has 0 aromatic carbocycles. The Balaban J connectivity index is 2.35. The minimum atomic E-state index is 0.691. The molecule has 1 heterocycles. The zero-order chi connectivity index (χ0) is 10.4. The molecule has 0 aliphatic carbocycles. The predicted molar refractivity (Wildman–Crippen MR) is 60.5 cm³/mol. The lowest BCUT2D eigenvalue weighted by Gasteiger charge is -2.26. The SMILES string of the molecule is CCC(CC)C(CC1CCOC1)NC. The van der Waals surface area contributed by atoms with Crippen LogP contribution in [0.5, 0.6) is 0 Å². The van der Waals surface area contributed by atoms with E-state index >= 15 is 0 Å². The van der Waals surface area contributed by atoms with Crippen LogP contribution in [-0.4, -0.2) is 26.3 Å². The molecule has 1 rings (SSSR count). The minimum absolute atomic E-state index is 0.691. The van der Waals surface area contributed by atoms with Crippen LogP contribution in [0.1, 0.15) is 39.5 Å². The molecule has 0 radical (unpaired) electrons. The third kappa shape index (κ3) is 3.25. The molecule has 84 valence electrons. The second-order valence-electron chi connectivity index (χ2n) is 4.44. The van der Waals surface area contributed by atoms with E-state index in [4.69, 9.17) is 4.74 Å². The van der Waals surface area contributed by atoms with Crippen LogP contribution in [0, 0.1) is 11.8 Å². The summed E-state index contributed by atoms with van der Waals surface area (Å²) in [4.78, 5) is 0. The van der Waals surface area contributed by atoms with E-state index in [1.54, 1.807) is 0 Å². The van der Waals surface area contributed by atoms with Gasteiger partial charge in [0, 0.05) is 19.3 Å². The van der Waals surface area contributed by atoms with Gasteiger partial charge in [0.25, 0.3) is 0 Å². The second kappa shape index (κ2) is 6.41. The van der Waals surface area contributed by atoms with Gasteiger partial charge in [0.1, 0.15) is 0 Å². The first kappa shape index (κ1) is 12.0. The molecule has 0 bridgehead atoms. The van der Waals surface area contributed by atoms with Crippen LogP contribution in [0.3, 0.4) is 0 Å². The molecule has 1 saturated heterocycles. The first-order valence-electron chi connectivity index (χ1n) is 6.06. The highest BCUT2D eigenvalue weighted by molar-refractivity contribution is 4.78. The third-order valence-corrected chi connectivity index (χ3v) is 3.60. The van der Waals surface area contributed by atoms with Crippen molar-refractivity contribution in [2.45, 2.75) is 45.6 Å². The van der Waals surface area contributed by atoms with Crippen LogP contribution >= 0.6 is 0 Å². The molecule has 2 unspecified atom stereocenters. The number of hydrogen-bond acceptors (Lipinski definition) is 2. The Morgan fingerprint density at radius 1 is 1.36 bits per heavy atom. The monoisotopic (exact) mass is 199 g/mol. The topological polar surface area (TPSA) is 21.3 Å². The van der Waals surface area contributed by atoms with Gasteiger partial charge in [-0.25, -0.2) is 0 Å². The van der Waals surface area contributed by atoms with Crippen molar-refractivity contribution in [3.05, 3.63) is 0 Å². The van der Waals surface area contributed by atoms with Crippen molar-refractivity contribution in [3.8, 4) is 0 Å². The highest BCUT2D eigenvalue weighted by Crippen LogP contribution is 2.24. The Morgan fingerprint density at radius 3 is 2.50 bits per heavy atom. The van der Waals surface area contributed by atoms with Crippen LogP contribution in [0.15, 0.2) is 0 Å². The third-order valence-electron chi connectivity index (χ3n) is 3.60. The maximum absolute atomic E-state index is 5.42. The normalized spacial score (nSPS) is 24.4. The zero-order valence-electron chi connectivity index (χ0n) is 9.88. The van der Waals surface area contributed by atoms with Crippen molar-refractivity contribution in [3.63, 3.8) is 0 Å². The highest BCUT2D eigenvalue weighted by Gasteiger charge is 2.23. The van der Waals surface area contributed by atoms with Gasteiger partial charge >= 0.3 is 0 Å². The summed E-state index contributed by atoms with van der Waals surface area (Å²) in [6, 6.07) is 0.691. The van der Waals surface area contributed by atoms with Gasteiger partial charge in [-0.1, -0.05) is 26.7 Å². The number of nitrogens with one attached hydrogen (secondary N) is 1. The summed E-state index contributed by atoms with van der Waals surface area (Å²) < 4.78 is 5.42. The van der Waals surface area contributed by atoms with Crippen LogP contribution in [0.2, 0.25) is 0 Å². The average molecular weight is 199 g/mol. The highest BCUT2D eigenvalue weighted by atomic mass is 16.5. The van der Waals surface area contributed by atoms with Crippen molar-refractivity contribution >= 4 is 0 Å². The van der Waals surface area contributed by atoms with Crippen LogP contribution in [-0.2, 0) is 4.74 Å². The van der Waals surface area contributed by atoms with Gasteiger partial charge in [-0.05, 0) is 31.7 Å². The Kier molecular flexibility index (Phi) is 5.49. The molecule has 0 aromatic heterocycles. The van der Waals surface area contributed by atoms with Crippen molar-refractivity contribution in [2.24, 2.45) is 11.8 Å². The maximum atomic E-state index is 5.42. The first-order valence-corrected chi connectivity index (χ1v) is 6.06. The fourth-order valence-corrected chi connectivity index (χ4v) is 2.53. The standard InChI is InChI=1S/C12H25NO/c1-4-11(5-2)12(13-3)8-10-6-7-14-9-10/h10-13H,4-9H2,1-3H3. The molecular formula is C12H25NO. The molecule has 1 aliphatic rings. The molecule has 1 N–H and O–H groups in total. The Morgan fingerprint density at radius 2 is 2.07 bits per heavy atom. The van der Waals surface area contributed by atoms with Gasteiger partial charge in [0.05, 0.1) is 0 Å². The largest absolute Gasteiger partial charge is 0.381 e. The summed E-state index contributed by atoms with van der Waals surface area (Å²) in [6.07, 6.45) is 5.13. The molecule has 1 aliphatic heterocycles. The molecule has 2 heteroatoms. The molecule has 14 heavy (non-hydrogen) atoms. The number of ether oxygens (including phenoxy) is 1. The lowest BCUT2D eigenvalue weighted by atomic mass is 9.87. The van der Waals surface area contributed by atoms with Gasteiger partial charge in [-0.15, -0.1) is 0 Å². The van der Waals surface area contributed by atoms with E-state index in [0.717, 1.165) is 25.0 Å². The summed E-state index contributed by atoms with van der Waals surface area (Å²) in [6.45, 7) is 6.55. The van der Waals surface area contributed by atoms with Gasteiger partial charge < -0.3 is 10.1 Å². The van der Waals surface area contributed by atoms with E-state index in [9.17, 15) is 0 Å². The van der Waals surface area contributed by atoms with E-state index in [2.05, 4.69) is 26.2 Å². The van der Waals surface area contributed by atoms with Crippen LogP contribution in [0.4, 0.5) is 0 Å². The zero-order valence-corrected chi connectivity index (χ0v) is 9.88. The molecule has 0 aromatic rings. The average Bonchev–Trinajstić information content (AvgIpc) is 2.70. The molecule has 1 fully saturated rings. The van der Waals surface area contributed by atoms with E-state index in [1.807, 2.05) is 0 Å². The number of hydrogen-bond donors (Lipinski definition) is 1. The summed E-state index contributed by atoms with van der Waals surface area (Å²) in [7, 11) is 2.10. The maximum Gasteiger partial charge on any atom is 0.0495 e. The molecular weight excluding hydrogens is 174 g/mol. The van der Waals surface area contributed by atoms with Crippen molar-refractivity contribution in [1.29, 1.82) is 0 Å². The summed E-state index contributed by atoms with van der Waals surface area (Å²) >= 11 is 0. The molecule has 2 nitrogen and oxygen atoms in total. The molecule has 2 atom stereocenters. The Labute approximate surface area is 88.4 Å². The first-order chi connectivity index (χ1) is 6.81. The van der Waals surface area contributed by atoms with Crippen LogP contribution in [0.25, 0.3) is 0 Å². The van der Waals surface area contributed by atoms with E-state index in [0.29, 0.717) is 6.04 Å². The van der Waals surface area contributed by atoms with E-state index < -0.39 is 0 Å². The van der Waals surface area contributed by atoms with Gasteiger partial charge in [-0.2, -0.15) is 0 Å². The summed E-state index contributed by atoms with van der Waals surface area (Å²) in [5.74, 6) is 1.63. The minimum Gasteiger partial charge on any atom is -0.381 e. The lowest BCUT2D eigenvalue weighted by molar-refractivity contribution is 0.177. The molecule has 0 amide bonds. The Hall–Kier alpha value is -0.0800. The fraction of sp³-hybridized carbons (Fsp3) is 1.00. The summed E-state index contributed by atoms with van der Waals surface area (Å²) in [5.41, 5.74) is 0. The van der Waals surface area contributed by atoms with Crippen molar-refractivity contribution < 1.29 is 4.74 Å². The Bertz CT molecular complexity index is 139. The molecule has 0 saturated carbocycles. The van der Waals surface area contributed by atoms with Crippen molar-refractivity contribution in [2.75, 3.05) is 20.3 Å². The van der Waals surface area contributed by atoms with Crippen molar-refractivity contribution in [1.82, 2.24) is 5.32 Å². The second-order valence-corrected chi connectivity index (χ2v) is 4.44. The van der Waals surface area contributed by atoms with Crippen LogP contribution < -0.4 is 5.32 Å². The predicted octanol–water partition coefficient (Wildman–Crippen LogP) is 2.44. The fourth-order valence-electron chi connectivity index (χ4n) is 2.53. The van der Waals surface area contributed by atoms with E-state index in [1.165, 1.54) is 25.7 Å². The van der Waals surface area contributed by atoms with Gasteiger partial charge in [0.15, 0.2) is 0 Å². The lowest BCUT2D eigenvalue weighted by Crippen LogP contribution is -2.35. The van der Waals surface area contributed by atoms with E-state index in [-0.39, 0.29) is 0 Å². The van der Waals surface area contributed by atoms with Gasteiger partial charge in [-0.3, -0.25) is 0 Å². The quantitative estimate of drug-likeness (QED) is 0.709. The van der Waals surface area contributed by atoms with Gasteiger partial charge in [0.2, 0.25) is 0 Å². The smallest absolute Gasteiger partial charge is 0.0495 e. The number of rotatable bonds is 6. The summed E-state index contributed by atoms with van der Waals surface area (Å²) in [5, 5.41) is 3.48. The molecule has 0 spiro atoms.